The van der Waals surface area contributed by atoms with Crippen molar-refractivity contribution in [2.75, 3.05) is 5.32 Å². The maximum absolute atomic E-state index is 12.8. The van der Waals surface area contributed by atoms with Crippen molar-refractivity contribution < 1.29 is 18.7 Å². The molecular formula is C16H16FN3O3. The fraction of sp³-hybridized carbons (Fsp3) is 0.125. The molecule has 2 aromatic rings. The molecule has 120 valence electrons. The number of ether oxygens (including phenoxy) is 1. The molecule has 7 heteroatoms. The monoisotopic (exact) mass is 317 g/mol. The summed E-state index contributed by atoms with van der Waals surface area (Å²) >= 11 is 0. The summed E-state index contributed by atoms with van der Waals surface area (Å²) in [5.74, 6) is 4.28. The summed E-state index contributed by atoms with van der Waals surface area (Å²) < 4.78 is 18.2. The van der Waals surface area contributed by atoms with E-state index in [2.05, 4.69) is 5.32 Å². The van der Waals surface area contributed by atoms with Crippen LogP contribution in [0.4, 0.5) is 10.1 Å². The minimum Gasteiger partial charge on any atom is -0.481 e. The molecule has 0 aliphatic heterocycles. The van der Waals surface area contributed by atoms with E-state index in [-0.39, 0.29) is 11.7 Å². The van der Waals surface area contributed by atoms with E-state index < -0.39 is 12.0 Å². The molecule has 0 spiro atoms. The molecule has 2 aromatic carbocycles. The highest BCUT2D eigenvalue weighted by atomic mass is 19.1. The van der Waals surface area contributed by atoms with Crippen molar-refractivity contribution in [3.63, 3.8) is 0 Å². The van der Waals surface area contributed by atoms with Gasteiger partial charge in [0.2, 0.25) is 0 Å². The first-order valence-corrected chi connectivity index (χ1v) is 6.83. The van der Waals surface area contributed by atoms with E-state index in [1.54, 1.807) is 31.2 Å². The molecule has 0 aromatic heterocycles. The number of hydrazine groups is 1. The van der Waals surface area contributed by atoms with E-state index >= 15 is 0 Å². The molecule has 1 unspecified atom stereocenters. The lowest BCUT2D eigenvalue weighted by Gasteiger charge is -2.13. The number of nitrogens with one attached hydrogen (secondary N) is 2. The number of hydrogen-bond donors (Lipinski definition) is 3. The third kappa shape index (κ3) is 4.52. The van der Waals surface area contributed by atoms with Crippen LogP contribution >= 0.6 is 0 Å². The van der Waals surface area contributed by atoms with Gasteiger partial charge in [-0.05, 0) is 55.5 Å². The summed E-state index contributed by atoms with van der Waals surface area (Å²) in [5.41, 5.74) is 2.88. The van der Waals surface area contributed by atoms with Crippen molar-refractivity contribution >= 4 is 17.5 Å². The minimum atomic E-state index is -0.751. The van der Waals surface area contributed by atoms with E-state index in [1.165, 1.54) is 24.3 Å². The molecule has 2 rings (SSSR count). The predicted molar refractivity (Wildman–Crippen MR) is 83.2 cm³/mol. The maximum atomic E-state index is 12.8. The average molecular weight is 317 g/mol. The Balaban J connectivity index is 1.99. The predicted octanol–water partition coefficient (Wildman–Crippen LogP) is 1.84. The van der Waals surface area contributed by atoms with Gasteiger partial charge >= 0.3 is 0 Å². The van der Waals surface area contributed by atoms with Crippen LogP contribution in [0.15, 0.2) is 48.5 Å². The molecule has 0 radical (unpaired) electrons. The van der Waals surface area contributed by atoms with Crippen LogP contribution in [0, 0.1) is 5.82 Å². The Morgan fingerprint density at radius 3 is 2.26 bits per heavy atom. The van der Waals surface area contributed by atoms with Gasteiger partial charge in [-0.2, -0.15) is 0 Å². The van der Waals surface area contributed by atoms with Gasteiger partial charge in [0, 0.05) is 11.3 Å². The van der Waals surface area contributed by atoms with Crippen LogP contribution in [0.1, 0.15) is 17.3 Å². The number of halogens is 1. The number of hydrogen-bond acceptors (Lipinski definition) is 4. The molecule has 2 amide bonds. The highest BCUT2D eigenvalue weighted by molar-refractivity contribution is 6.04. The first-order valence-electron chi connectivity index (χ1n) is 6.83. The van der Waals surface area contributed by atoms with Crippen LogP contribution in [-0.4, -0.2) is 17.9 Å². The van der Waals surface area contributed by atoms with E-state index in [0.717, 1.165) is 0 Å². The molecule has 0 fully saturated rings. The molecule has 0 aliphatic rings. The molecule has 4 N–H and O–H groups in total. The second-order valence-corrected chi connectivity index (χ2v) is 4.75. The van der Waals surface area contributed by atoms with Crippen molar-refractivity contribution in [3.05, 3.63) is 59.9 Å². The number of carbonyl (C=O) groups excluding carboxylic acids is 2. The molecule has 0 aliphatic carbocycles. The highest BCUT2D eigenvalue weighted by Crippen LogP contribution is 2.16. The molecule has 1 atom stereocenters. The Hall–Kier alpha value is -2.93. The third-order valence-corrected chi connectivity index (χ3v) is 3.04. The first kappa shape index (κ1) is 16.4. The smallest absolute Gasteiger partial charge is 0.274 e. The summed E-state index contributed by atoms with van der Waals surface area (Å²) in [6, 6.07) is 11.7. The average Bonchev–Trinajstić information content (AvgIpc) is 2.56. The number of nitrogens with two attached hydrogens (primary N) is 1. The second-order valence-electron chi connectivity index (χ2n) is 4.75. The van der Waals surface area contributed by atoms with Gasteiger partial charge < -0.3 is 10.1 Å². The van der Waals surface area contributed by atoms with E-state index in [9.17, 15) is 14.0 Å². The number of rotatable bonds is 5. The van der Waals surface area contributed by atoms with Gasteiger partial charge in [0.25, 0.3) is 11.8 Å². The zero-order valence-corrected chi connectivity index (χ0v) is 12.4. The summed E-state index contributed by atoms with van der Waals surface area (Å²) in [6.45, 7) is 1.55. The van der Waals surface area contributed by atoms with Gasteiger partial charge in [-0.1, -0.05) is 0 Å². The van der Waals surface area contributed by atoms with Crippen LogP contribution < -0.4 is 21.3 Å². The Morgan fingerprint density at radius 1 is 1.09 bits per heavy atom. The summed E-state index contributed by atoms with van der Waals surface area (Å²) in [5, 5.41) is 2.65. The van der Waals surface area contributed by atoms with Crippen molar-refractivity contribution in [2.45, 2.75) is 13.0 Å². The lowest BCUT2D eigenvalue weighted by Crippen LogP contribution is -2.40. The zero-order valence-electron chi connectivity index (χ0n) is 12.4. The van der Waals surface area contributed by atoms with Crippen molar-refractivity contribution in [2.24, 2.45) is 5.84 Å². The Kier molecular flexibility index (Phi) is 5.27. The fourth-order valence-electron chi connectivity index (χ4n) is 1.80. The number of anilines is 1. The third-order valence-electron chi connectivity index (χ3n) is 3.04. The minimum absolute atomic E-state index is 0.337. The molecular weight excluding hydrogens is 301 g/mol. The molecule has 0 heterocycles. The Morgan fingerprint density at radius 2 is 1.70 bits per heavy atom. The van der Waals surface area contributed by atoms with Crippen molar-refractivity contribution in [1.82, 2.24) is 5.43 Å². The SMILES string of the molecule is CC(Oc1ccc(C(=O)Nc2ccc(F)cc2)cc1)C(=O)NN. The molecule has 0 saturated carbocycles. The lowest BCUT2D eigenvalue weighted by atomic mass is 10.2. The van der Waals surface area contributed by atoms with Gasteiger partial charge in [0.1, 0.15) is 11.6 Å². The summed E-state index contributed by atoms with van der Waals surface area (Å²) in [6.07, 6.45) is -0.751. The Bertz CT molecular complexity index is 687. The quantitative estimate of drug-likeness (QED) is 0.445. The van der Waals surface area contributed by atoms with E-state index in [4.69, 9.17) is 10.6 Å². The number of carbonyl (C=O) groups is 2. The van der Waals surface area contributed by atoms with Gasteiger partial charge in [-0.3, -0.25) is 15.0 Å². The highest BCUT2D eigenvalue weighted by Gasteiger charge is 2.13. The zero-order chi connectivity index (χ0) is 16.8. The van der Waals surface area contributed by atoms with Gasteiger partial charge in [0.15, 0.2) is 6.10 Å². The topological polar surface area (TPSA) is 93.4 Å². The Labute approximate surface area is 132 Å². The van der Waals surface area contributed by atoms with Crippen LogP contribution in [0.25, 0.3) is 0 Å². The van der Waals surface area contributed by atoms with Crippen LogP contribution in [0.3, 0.4) is 0 Å². The molecule has 0 saturated heterocycles. The summed E-state index contributed by atoms with van der Waals surface area (Å²) in [7, 11) is 0. The van der Waals surface area contributed by atoms with E-state index in [1.807, 2.05) is 5.43 Å². The summed E-state index contributed by atoms with van der Waals surface area (Å²) in [4.78, 5) is 23.3. The lowest BCUT2D eigenvalue weighted by molar-refractivity contribution is -0.127. The largest absolute Gasteiger partial charge is 0.481 e. The van der Waals surface area contributed by atoms with Gasteiger partial charge in [0.05, 0.1) is 0 Å². The van der Waals surface area contributed by atoms with Crippen molar-refractivity contribution in [1.29, 1.82) is 0 Å². The standard InChI is InChI=1S/C16H16FN3O3/c1-10(15(21)20-18)23-14-8-2-11(3-9-14)16(22)19-13-6-4-12(17)5-7-13/h2-10H,18H2,1H3,(H,19,22)(H,20,21). The number of amides is 2. The van der Waals surface area contributed by atoms with Gasteiger partial charge in [-0.25, -0.2) is 10.2 Å². The number of benzene rings is 2. The molecule has 6 nitrogen and oxygen atoms in total. The van der Waals surface area contributed by atoms with Crippen LogP contribution in [-0.2, 0) is 4.79 Å². The maximum Gasteiger partial charge on any atom is 0.274 e. The van der Waals surface area contributed by atoms with E-state index in [0.29, 0.717) is 17.0 Å². The van der Waals surface area contributed by atoms with Gasteiger partial charge in [-0.15, -0.1) is 0 Å². The molecule has 0 bridgehead atoms. The fourth-order valence-corrected chi connectivity index (χ4v) is 1.80. The van der Waals surface area contributed by atoms with Crippen molar-refractivity contribution in [3.8, 4) is 5.75 Å². The molecule has 23 heavy (non-hydrogen) atoms. The normalized spacial score (nSPS) is 11.4. The van der Waals surface area contributed by atoms with Crippen LogP contribution in [0.2, 0.25) is 0 Å². The van der Waals surface area contributed by atoms with Crippen LogP contribution in [0.5, 0.6) is 5.75 Å². The second kappa shape index (κ2) is 7.37. The first-order chi connectivity index (χ1) is 11.0.